The van der Waals surface area contributed by atoms with Crippen LogP contribution >= 0.6 is 11.6 Å². The quantitative estimate of drug-likeness (QED) is 0.753. The summed E-state index contributed by atoms with van der Waals surface area (Å²) in [6.45, 7) is 0.485. The molecule has 0 N–H and O–H groups in total. The van der Waals surface area contributed by atoms with Crippen LogP contribution in [0.15, 0.2) is 34.8 Å². The van der Waals surface area contributed by atoms with Gasteiger partial charge in [-0.1, -0.05) is 12.1 Å². The molecule has 3 nitrogen and oxygen atoms in total. The molecule has 0 amide bonds. The van der Waals surface area contributed by atoms with Crippen LogP contribution in [0.4, 0.5) is 0 Å². The predicted octanol–water partition coefficient (Wildman–Crippen LogP) is 2.66. The van der Waals surface area contributed by atoms with E-state index in [1.165, 1.54) is 0 Å². The molecule has 0 aliphatic carbocycles. The fourth-order valence-corrected chi connectivity index (χ4v) is 2.01. The van der Waals surface area contributed by atoms with Crippen molar-refractivity contribution in [2.45, 2.75) is 5.38 Å². The summed E-state index contributed by atoms with van der Waals surface area (Å²) in [6.07, 6.45) is 1.60. The molecule has 17 heavy (non-hydrogen) atoms. The average Bonchev–Trinajstić information content (AvgIpc) is 2.38. The van der Waals surface area contributed by atoms with Gasteiger partial charge in [-0.25, -0.2) is 0 Å². The summed E-state index contributed by atoms with van der Waals surface area (Å²) in [4.78, 5) is 4.16. The second-order valence-electron chi connectivity index (χ2n) is 3.63. The first-order valence-electron chi connectivity index (χ1n) is 5.18. The van der Waals surface area contributed by atoms with Gasteiger partial charge in [-0.05, 0) is 23.3 Å². The lowest BCUT2D eigenvalue weighted by atomic mass is 9.97. The third kappa shape index (κ3) is 2.32. The minimum atomic E-state index is -0.435. The van der Waals surface area contributed by atoms with Crippen LogP contribution in [-0.2, 0) is 0 Å². The molecular formula is C13H11ClN2O. The Bertz CT molecular complexity index is 528. The van der Waals surface area contributed by atoms with Gasteiger partial charge >= 0.3 is 0 Å². The highest BCUT2D eigenvalue weighted by molar-refractivity contribution is 6.31. The number of hydrogen-bond acceptors (Lipinski definition) is 3. The van der Waals surface area contributed by atoms with E-state index in [9.17, 15) is 0 Å². The van der Waals surface area contributed by atoms with Gasteiger partial charge < -0.3 is 4.74 Å². The van der Waals surface area contributed by atoms with Crippen molar-refractivity contribution in [1.29, 1.82) is 5.26 Å². The van der Waals surface area contributed by atoms with Crippen molar-refractivity contribution in [3.63, 3.8) is 0 Å². The maximum atomic E-state index is 9.13. The zero-order valence-corrected chi connectivity index (χ0v) is 10.1. The smallest absolute Gasteiger partial charge is 0.119 e. The molecule has 86 valence electrons. The van der Waals surface area contributed by atoms with Crippen LogP contribution in [0.1, 0.15) is 5.56 Å². The van der Waals surface area contributed by atoms with E-state index in [0.29, 0.717) is 12.1 Å². The fourth-order valence-electron chi connectivity index (χ4n) is 1.75. The van der Waals surface area contributed by atoms with E-state index in [1.807, 2.05) is 24.3 Å². The first-order valence-corrected chi connectivity index (χ1v) is 5.61. The Morgan fingerprint density at radius 1 is 1.53 bits per heavy atom. The minimum Gasteiger partial charge on any atom is -0.497 e. The van der Waals surface area contributed by atoms with Crippen LogP contribution in [0.3, 0.4) is 0 Å². The first kappa shape index (κ1) is 11.7. The summed E-state index contributed by atoms with van der Waals surface area (Å²) in [5, 5.41) is 8.70. The van der Waals surface area contributed by atoms with Gasteiger partial charge in [-0.3, -0.25) is 4.99 Å². The second kappa shape index (κ2) is 5.03. The van der Waals surface area contributed by atoms with E-state index in [2.05, 4.69) is 11.1 Å². The molecule has 1 aromatic carbocycles. The van der Waals surface area contributed by atoms with Crippen LogP contribution in [0.25, 0.3) is 5.57 Å². The molecule has 1 unspecified atom stereocenters. The summed E-state index contributed by atoms with van der Waals surface area (Å²) in [7, 11) is 1.61. The molecule has 0 saturated heterocycles. The molecule has 1 atom stereocenters. The molecule has 0 radical (unpaired) electrons. The van der Waals surface area contributed by atoms with Crippen LogP contribution in [0, 0.1) is 11.3 Å². The summed E-state index contributed by atoms with van der Waals surface area (Å²) in [6, 6.07) is 9.72. The number of nitrogens with zero attached hydrogens (tertiary/aromatic N) is 2. The van der Waals surface area contributed by atoms with E-state index in [-0.39, 0.29) is 0 Å². The first-order chi connectivity index (χ1) is 8.26. The summed E-state index contributed by atoms with van der Waals surface area (Å²) in [5.41, 5.74) is 2.37. The van der Waals surface area contributed by atoms with Crippen LogP contribution in [-0.4, -0.2) is 25.2 Å². The molecule has 0 saturated carbocycles. The Hall–Kier alpha value is -1.79. The molecule has 0 aromatic heterocycles. The van der Waals surface area contributed by atoms with Crippen LogP contribution in [0.5, 0.6) is 5.75 Å². The topological polar surface area (TPSA) is 45.4 Å². The number of rotatable bonds is 2. The van der Waals surface area contributed by atoms with Crippen molar-refractivity contribution in [3.8, 4) is 11.8 Å². The SMILES string of the molecule is COc1cccc(C2=C(C#N)C(Cl)C=NC2)c1. The summed E-state index contributed by atoms with van der Waals surface area (Å²) < 4.78 is 5.16. The zero-order valence-electron chi connectivity index (χ0n) is 9.35. The Labute approximate surface area is 105 Å². The predicted molar refractivity (Wildman–Crippen MR) is 68.5 cm³/mol. The van der Waals surface area contributed by atoms with Crippen molar-refractivity contribution >= 4 is 23.4 Å². The fraction of sp³-hybridized carbons (Fsp3) is 0.231. The van der Waals surface area contributed by atoms with E-state index in [4.69, 9.17) is 21.6 Å². The molecule has 0 bridgehead atoms. The highest BCUT2D eigenvalue weighted by atomic mass is 35.5. The van der Waals surface area contributed by atoms with Gasteiger partial charge in [0.05, 0.1) is 25.3 Å². The third-order valence-corrected chi connectivity index (χ3v) is 2.96. The van der Waals surface area contributed by atoms with Gasteiger partial charge in [-0.15, -0.1) is 11.6 Å². The van der Waals surface area contributed by atoms with Crippen molar-refractivity contribution in [2.24, 2.45) is 4.99 Å². The molecule has 1 aromatic rings. The maximum absolute atomic E-state index is 9.13. The van der Waals surface area contributed by atoms with Gasteiger partial charge in [0, 0.05) is 6.21 Å². The van der Waals surface area contributed by atoms with Gasteiger partial charge in [0.2, 0.25) is 0 Å². The summed E-state index contributed by atoms with van der Waals surface area (Å²) in [5.74, 6) is 0.757. The third-order valence-electron chi connectivity index (χ3n) is 2.63. The Morgan fingerprint density at radius 3 is 3.06 bits per heavy atom. The van der Waals surface area contributed by atoms with Crippen molar-refractivity contribution in [1.82, 2.24) is 0 Å². The number of alkyl halides is 1. The largest absolute Gasteiger partial charge is 0.497 e. The van der Waals surface area contributed by atoms with Gasteiger partial charge in [-0.2, -0.15) is 5.26 Å². The number of aliphatic imine (C=N–C) groups is 1. The molecule has 4 heteroatoms. The molecular weight excluding hydrogens is 236 g/mol. The summed E-state index contributed by atoms with van der Waals surface area (Å²) >= 11 is 6.04. The molecule has 0 fully saturated rings. The van der Waals surface area contributed by atoms with Gasteiger partial charge in [0.25, 0.3) is 0 Å². The number of nitriles is 1. The highest BCUT2D eigenvalue weighted by Gasteiger charge is 2.19. The number of allylic oxidation sites excluding steroid dienone is 1. The molecule has 1 aliphatic heterocycles. The Balaban J connectivity index is 2.48. The number of ether oxygens (including phenoxy) is 1. The normalized spacial score (nSPS) is 19.0. The van der Waals surface area contributed by atoms with Gasteiger partial charge in [0.15, 0.2) is 0 Å². The van der Waals surface area contributed by atoms with E-state index in [1.54, 1.807) is 13.3 Å². The number of halogens is 1. The van der Waals surface area contributed by atoms with Crippen molar-refractivity contribution in [2.75, 3.05) is 13.7 Å². The van der Waals surface area contributed by atoms with E-state index in [0.717, 1.165) is 16.9 Å². The van der Waals surface area contributed by atoms with Gasteiger partial charge in [0.1, 0.15) is 11.1 Å². The van der Waals surface area contributed by atoms with Crippen LogP contribution < -0.4 is 4.74 Å². The number of dihydropyridines is 1. The van der Waals surface area contributed by atoms with Crippen molar-refractivity contribution in [3.05, 3.63) is 35.4 Å². The zero-order chi connectivity index (χ0) is 12.3. The maximum Gasteiger partial charge on any atom is 0.119 e. The van der Waals surface area contributed by atoms with E-state index < -0.39 is 5.38 Å². The molecule has 1 aliphatic rings. The molecule has 0 spiro atoms. The average molecular weight is 247 g/mol. The monoisotopic (exact) mass is 246 g/mol. The van der Waals surface area contributed by atoms with E-state index >= 15 is 0 Å². The minimum absolute atomic E-state index is 0.435. The molecule has 1 heterocycles. The lowest BCUT2D eigenvalue weighted by Gasteiger charge is -2.15. The molecule has 2 rings (SSSR count). The Morgan fingerprint density at radius 2 is 2.35 bits per heavy atom. The van der Waals surface area contributed by atoms with Crippen LogP contribution in [0.2, 0.25) is 0 Å². The number of methoxy groups -OCH3 is 1. The highest BCUT2D eigenvalue weighted by Crippen LogP contribution is 2.28. The lowest BCUT2D eigenvalue weighted by molar-refractivity contribution is 0.414. The standard InChI is InChI=1S/C13H11ClN2O/c1-17-10-4-2-3-9(5-10)12-7-16-8-13(14)11(12)6-15/h2-5,8,13H,7H2,1H3. The number of benzene rings is 1. The lowest BCUT2D eigenvalue weighted by Crippen LogP contribution is -2.13. The second-order valence-corrected chi connectivity index (χ2v) is 4.10. The Kier molecular flexibility index (Phi) is 3.46. The number of hydrogen-bond donors (Lipinski definition) is 0. The van der Waals surface area contributed by atoms with Crippen molar-refractivity contribution < 1.29 is 4.74 Å².